The van der Waals surface area contributed by atoms with E-state index in [-0.39, 0.29) is 4.90 Å². The van der Waals surface area contributed by atoms with Crippen molar-refractivity contribution < 1.29 is 8.42 Å². The topological polar surface area (TPSA) is 72.0 Å². The fourth-order valence-electron chi connectivity index (χ4n) is 1.71. The molecule has 0 saturated heterocycles. The minimum absolute atomic E-state index is 0.141. The monoisotopic (exact) mass is 325 g/mol. The summed E-state index contributed by atoms with van der Waals surface area (Å²) >= 11 is 6.79. The molecule has 3 aromatic rings. The predicted molar refractivity (Wildman–Crippen MR) is 79.7 cm³/mol. The van der Waals surface area contributed by atoms with Gasteiger partial charge < -0.3 is 0 Å². The van der Waals surface area contributed by atoms with Crippen LogP contribution in [0.4, 0.5) is 5.69 Å². The van der Waals surface area contributed by atoms with Crippen molar-refractivity contribution in [2.75, 3.05) is 4.72 Å². The maximum Gasteiger partial charge on any atom is 0.261 e. The number of halogens is 1. The van der Waals surface area contributed by atoms with Gasteiger partial charge in [0.05, 0.1) is 22.3 Å². The number of hydrogen-bond donors (Lipinski definition) is 1. The molecule has 0 saturated carbocycles. The Hall–Kier alpha value is -1.70. The lowest BCUT2D eigenvalue weighted by atomic mass is 10.3. The number of rotatable bonds is 3. The van der Waals surface area contributed by atoms with Crippen molar-refractivity contribution >= 4 is 50.1 Å². The normalized spacial score (nSPS) is 11.7. The number of aromatic nitrogens is 2. The molecule has 0 amide bonds. The average Bonchev–Trinajstić information content (AvgIpc) is 2.88. The zero-order valence-electron chi connectivity index (χ0n) is 9.95. The second-order valence-electron chi connectivity index (χ2n) is 4.00. The quantitative estimate of drug-likeness (QED) is 0.803. The summed E-state index contributed by atoms with van der Waals surface area (Å²) in [6.07, 6.45) is 0. The van der Waals surface area contributed by atoms with Crippen molar-refractivity contribution in [3.63, 3.8) is 0 Å². The van der Waals surface area contributed by atoms with Gasteiger partial charge in [0.2, 0.25) is 0 Å². The summed E-state index contributed by atoms with van der Waals surface area (Å²) in [5.41, 5.74) is 1.60. The highest BCUT2D eigenvalue weighted by Gasteiger charge is 2.16. The van der Waals surface area contributed by atoms with Crippen LogP contribution >= 0.6 is 23.3 Å². The van der Waals surface area contributed by atoms with Gasteiger partial charge >= 0.3 is 0 Å². The van der Waals surface area contributed by atoms with E-state index < -0.39 is 10.0 Å². The van der Waals surface area contributed by atoms with Crippen LogP contribution in [0, 0.1) is 0 Å². The van der Waals surface area contributed by atoms with Crippen LogP contribution in [0.25, 0.3) is 11.0 Å². The molecular formula is C12H8ClN3O2S2. The Morgan fingerprint density at radius 1 is 1.05 bits per heavy atom. The number of nitrogens with one attached hydrogen (secondary N) is 1. The van der Waals surface area contributed by atoms with Crippen molar-refractivity contribution in [1.82, 2.24) is 8.75 Å². The molecule has 0 unspecified atom stereocenters. The van der Waals surface area contributed by atoms with Crippen LogP contribution in [-0.4, -0.2) is 17.2 Å². The number of fused-ring (bicyclic) bond motifs is 1. The van der Waals surface area contributed by atoms with Crippen LogP contribution in [0.15, 0.2) is 47.4 Å². The van der Waals surface area contributed by atoms with E-state index in [0.717, 1.165) is 11.7 Å². The molecule has 1 heterocycles. The third-order valence-corrected chi connectivity index (χ3v) is 4.83. The summed E-state index contributed by atoms with van der Waals surface area (Å²) in [4.78, 5) is 0.141. The molecule has 0 radical (unpaired) electrons. The number of hydrogen-bond acceptors (Lipinski definition) is 5. The van der Waals surface area contributed by atoms with Crippen molar-refractivity contribution in [3.8, 4) is 0 Å². The molecule has 0 spiro atoms. The minimum atomic E-state index is -3.67. The van der Waals surface area contributed by atoms with E-state index in [9.17, 15) is 8.42 Å². The number of sulfonamides is 1. The highest BCUT2D eigenvalue weighted by atomic mass is 35.5. The van der Waals surface area contributed by atoms with E-state index in [1.165, 1.54) is 24.3 Å². The van der Waals surface area contributed by atoms with Crippen LogP contribution in [0.5, 0.6) is 0 Å². The van der Waals surface area contributed by atoms with E-state index in [0.29, 0.717) is 21.7 Å². The van der Waals surface area contributed by atoms with E-state index in [2.05, 4.69) is 13.5 Å². The minimum Gasteiger partial charge on any atom is -0.277 e. The molecule has 20 heavy (non-hydrogen) atoms. The highest BCUT2D eigenvalue weighted by molar-refractivity contribution is 7.92. The summed E-state index contributed by atoms with van der Waals surface area (Å²) in [5.74, 6) is 0. The lowest BCUT2D eigenvalue weighted by Gasteiger charge is -2.08. The molecule has 8 heteroatoms. The number of benzene rings is 2. The summed E-state index contributed by atoms with van der Waals surface area (Å²) in [6.45, 7) is 0. The van der Waals surface area contributed by atoms with E-state index in [1.807, 2.05) is 0 Å². The van der Waals surface area contributed by atoms with Crippen molar-refractivity contribution in [1.29, 1.82) is 0 Å². The van der Waals surface area contributed by atoms with Gasteiger partial charge in [-0.25, -0.2) is 8.42 Å². The summed E-state index contributed by atoms with van der Waals surface area (Å²) in [6, 6.07) is 11.1. The molecular weight excluding hydrogens is 318 g/mol. The summed E-state index contributed by atoms with van der Waals surface area (Å²) in [5, 5.41) is 0.481. The first-order valence-electron chi connectivity index (χ1n) is 5.56. The number of nitrogens with zero attached hydrogens (tertiary/aromatic N) is 2. The van der Waals surface area contributed by atoms with Crippen molar-refractivity contribution in [2.24, 2.45) is 0 Å². The van der Waals surface area contributed by atoms with Crippen LogP contribution in [0.2, 0.25) is 5.02 Å². The van der Waals surface area contributed by atoms with Gasteiger partial charge in [0, 0.05) is 5.02 Å². The van der Waals surface area contributed by atoms with Crippen LogP contribution in [0.1, 0.15) is 0 Å². The predicted octanol–water partition coefficient (Wildman–Crippen LogP) is 3.15. The van der Waals surface area contributed by atoms with Gasteiger partial charge in [-0.1, -0.05) is 17.7 Å². The van der Waals surface area contributed by atoms with Gasteiger partial charge in [-0.15, -0.1) is 0 Å². The maximum absolute atomic E-state index is 12.3. The molecule has 0 bridgehead atoms. The molecule has 0 aliphatic rings. The van der Waals surface area contributed by atoms with E-state index in [4.69, 9.17) is 11.6 Å². The first-order chi connectivity index (χ1) is 9.56. The molecule has 1 aromatic heterocycles. The second-order valence-corrected chi connectivity index (χ2v) is 6.64. The molecule has 1 N–H and O–H groups in total. The Morgan fingerprint density at radius 2 is 1.80 bits per heavy atom. The van der Waals surface area contributed by atoms with Gasteiger partial charge in [0.25, 0.3) is 10.0 Å². The molecule has 0 aliphatic heterocycles. The molecule has 102 valence electrons. The molecule has 3 rings (SSSR count). The third kappa shape index (κ3) is 2.47. The fraction of sp³-hybridized carbons (Fsp3) is 0. The van der Waals surface area contributed by atoms with Gasteiger partial charge in [-0.05, 0) is 36.4 Å². The van der Waals surface area contributed by atoms with E-state index >= 15 is 0 Å². The molecule has 2 aromatic carbocycles. The maximum atomic E-state index is 12.3. The summed E-state index contributed by atoms with van der Waals surface area (Å²) in [7, 11) is -3.67. The van der Waals surface area contributed by atoms with Gasteiger partial charge in [-0.3, -0.25) is 4.72 Å². The Kier molecular flexibility index (Phi) is 3.33. The smallest absolute Gasteiger partial charge is 0.261 e. The largest absolute Gasteiger partial charge is 0.277 e. The van der Waals surface area contributed by atoms with Gasteiger partial charge in [0.15, 0.2) is 0 Å². The molecule has 0 atom stereocenters. The fourth-order valence-corrected chi connectivity index (χ4v) is 3.45. The Labute approximate surface area is 124 Å². The Morgan fingerprint density at radius 3 is 2.55 bits per heavy atom. The SMILES string of the molecule is O=S(=O)(Nc1cccc2nsnc12)c1ccc(Cl)cc1. The average molecular weight is 326 g/mol. The summed E-state index contributed by atoms with van der Waals surface area (Å²) < 4.78 is 35.2. The zero-order valence-corrected chi connectivity index (χ0v) is 12.3. The molecule has 0 fully saturated rings. The van der Waals surface area contributed by atoms with Crippen LogP contribution < -0.4 is 4.72 Å². The highest BCUT2D eigenvalue weighted by Crippen LogP contribution is 2.24. The lowest BCUT2D eigenvalue weighted by Crippen LogP contribution is -2.13. The van der Waals surface area contributed by atoms with Gasteiger partial charge in [0.1, 0.15) is 11.0 Å². The zero-order chi connectivity index (χ0) is 14.2. The Balaban J connectivity index is 2.01. The first kappa shape index (κ1) is 13.3. The van der Waals surface area contributed by atoms with Crippen molar-refractivity contribution in [2.45, 2.75) is 4.90 Å². The van der Waals surface area contributed by atoms with Gasteiger partial charge in [-0.2, -0.15) is 8.75 Å². The van der Waals surface area contributed by atoms with Crippen LogP contribution in [0.3, 0.4) is 0 Å². The van der Waals surface area contributed by atoms with E-state index in [1.54, 1.807) is 18.2 Å². The molecule has 5 nitrogen and oxygen atoms in total. The Bertz CT molecular complexity index is 860. The standard InChI is InChI=1S/C12H8ClN3O2S2/c13-8-4-6-9(7-5-8)20(17,18)16-11-3-1-2-10-12(11)15-19-14-10/h1-7,16H. The van der Waals surface area contributed by atoms with Crippen LogP contribution in [-0.2, 0) is 10.0 Å². The molecule has 0 aliphatic carbocycles. The number of anilines is 1. The second kappa shape index (κ2) is 5.01. The first-order valence-corrected chi connectivity index (χ1v) is 8.15. The van der Waals surface area contributed by atoms with Crippen molar-refractivity contribution in [3.05, 3.63) is 47.5 Å². The lowest BCUT2D eigenvalue weighted by molar-refractivity contribution is 0.601. The third-order valence-electron chi connectivity index (χ3n) is 2.65.